The molecule has 162 valence electrons. The summed E-state index contributed by atoms with van der Waals surface area (Å²) >= 11 is 7.24. The number of halogens is 2. The largest absolute Gasteiger partial charge is 0.478 e. The number of carbonyl (C=O) groups is 2. The van der Waals surface area contributed by atoms with Crippen molar-refractivity contribution in [2.75, 3.05) is 6.54 Å². The van der Waals surface area contributed by atoms with E-state index in [0.29, 0.717) is 39.4 Å². The topological polar surface area (TPSA) is 83.1 Å². The zero-order valence-corrected chi connectivity index (χ0v) is 18.3. The maximum absolute atomic E-state index is 13.1. The van der Waals surface area contributed by atoms with Gasteiger partial charge in [0.2, 0.25) is 0 Å². The third-order valence-electron chi connectivity index (χ3n) is 4.64. The molecule has 32 heavy (non-hydrogen) atoms. The molecule has 3 aromatic rings. The molecule has 1 aliphatic rings. The summed E-state index contributed by atoms with van der Waals surface area (Å²) in [4.78, 5) is 30.4. The first-order valence-corrected chi connectivity index (χ1v) is 10.7. The first-order chi connectivity index (χ1) is 15.4. The monoisotopic (exact) mass is 470 g/mol. The van der Waals surface area contributed by atoms with E-state index in [1.165, 1.54) is 40.9 Å². The van der Waals surface area contributed by atoms with E-state index < -0.39 is 5.97 Å². The molecule has 1 aromatic heterocycles. The molecule has 1 saturated heterocycles. The van der Waals surface area contributed by atoms with Crippen LogP contribution < -0.4 is 0 Å². The number of thioether (sulfide) groups is 1. The minimum Gasteiger partial charge on any atom is -0.478 e. The van der Waals surface area contributed by atoms with Gasteiger partial charge >= 0.3 is 5.97 Å². The lowest BCUT2D eigenvalue weighted by atomic mass is 10.1. The Kier molecular flexibility index (Phi) is 6.16. The molecule has 1 aliphatic heterocycles. The second-order valence-electron chi connectivity index (χ2n) is 6.73. The van der Waals surface area contributed by atoms with Gasteiger partial charge in [-0.1, -0.05) is 17.7 Å². The zero-order valence-electron chi connectivity index (χ0n) is 16.7. The summed E-state index contributed by atoms with van der Waals surface area (Å²) in [6.45, 7) is 2.28. The zero-order chi connectivity index (χ0) is 22.8. The molecule has 0 aliphatic carbocycles. The number of benzene rings is 2. The maximum atomic E-state index is 13.1. The number of aromatic carboxylic acids is 1. The second kappa shape index (κ2) is 9.02. The normalized spacial score (nSPS) is 16.3. The maximum Gasteiger partial charge on any atom is 0.337 e. The fourth-order valence-electron chi connectivity index (χ4n) is 3.05. The van der Waals surface area contributed by atoms with Crippen LogP contribution in [0.15, 0.2) is 68.9 Å². The van der Waals surface area contributed by atoms with Crippen molar-refractivity contribution in [1.29, 1.82) is 0 Å². The molecule has 2 aromatic carbocycles. The van der Waals surface area contributed by atoms with Crippen LogP contribution in [0, 0.1) is 5.82 Å². The van der Waals surface area contributed by atoms with Crippen LogP contribution in [0.5, 0.6) is 0 Å². The number of carbonyl (C=O) groups excluding carboxylic acids is 1. The summed E-state index contributed by atoms with van der Waals surface area (Å²) in [5.74, 6) is -0.733. The molecule has 0 saturated carbocycles. The van der Waals surface area contributed by atoms with Crippen molar-refractivity contribution in [3.05, 3.63) is 81.7 Å². The number of nitrogens with zero attached hydrogens (tertiary/aromatic N) is 2. The number of rotatable bonds is 5. The average Bonchev–Trinajstić information content (AvgIpc) is 3.34. The highest BCUT2D eigenvalue weighted by atomic mass is 35.5. The van der Waals surface area contributed by atoms with Gasteiger partial charge in [0.25, 0.3) is 5.91 Å². The highest BCUT2D eigenvalue weighted by Crippen LogP contribution is 2.35. The minimum absolute atomic E-state index is 0.00453. The fraction of sp³-hybridized carbons (Fsp3) is 0.0870. The van der Waals surface area contributed by atoms with Crippen molar-refractivity contribution in [2.24, 2.45) is 4.99 Å². The molecule has 6 nitrogen and oxygen atoms in total. The van der Waals surface area contributed by atoms with Gasteiger partial charge < -0.3 is 9.52 Å². The van der Waals surface area contributed by atoms with E-state index in [2.05, 4.69) is 4.99 Å². The quantitative estimate of drug-likeness (QED) is 0.458. The van der Waals surface area contributed by atoms with Crippen LogP contribution in [0.3, 0.4) is 0 Å². The number of amides is 1. The Morgan fingerprint density at radius 1 is 1.22 bits per heavy atom. The third kappa shape index (κ3) is 4.46. The third-order valence-corrected chi connectivity index (χ3v) is 5.96. The number of hydrogen-bond acceptors (Lipinski definition) is 5. The Balaban J connectivity index is 1.60. The highest BCUT2D eigenvalue weighted by Gasteiger charge is 2.32. The second-order valence-corrected chi connectivity index (χ2v) is 8.15. The lowest BCUT2D eigenvalue weighted by Gasteiger charge is -2.11. The van der Waals surface area contributed by atoms with Gasteiger partial charge in [0, 0.05) is 18.2 Å². The smallest absolute Gasteiger partial charge is 0.337 e. The van der Waals surface area contributed by atoms with Crippen molar-refractivity contribution in [2.45, 2.75) is 6.92 Å². The molecule has 1 fully saturated rings. The number of likely N-dealkylation sites (N-methyl/N-ethyl adjacent to an activating group) is 1. The standard InChI is InChI=1S/C23H16ClFN2O4S/c1-2-27-21(28)20(32-23(27)26-15-6-4-14(25)5-7-15)12-16-8-10-19(31-16)13-3-9-17(22(29)30)18(24)11-13/h3-12H,2H2,1H3,(H,29,30)/b20-12+,26-23?. The van der Waals surface area contributed by atoms with Crippen molar-refractivity contribution in [1.82, 2.24) is 4.90 Å². The number of hydrogen-bond donors (Lipinski definition) is 1. The van der Waals surface area contributed by atoms with Crippen LogP contribution in [0.25, 0.3) is 17.4 Å². The van der Waals surface area contributed by atoms with Crippen molar-refractivity contribution in [3.63, 3.8) is 0 Å². The number of aliphatic imine (C=N–C) groups is 1. The Morgan fingerprint density at radius 2 is 1.97 bits per heavy atom. The van der Waals surface area contributed by atoms with Crippen LogP contribution in [-0.2, 0) is 4.79 Å². The SMILES string of the molecule is CCN1C(=O)/C(=C\c2ccc(-c3ccc(C(=O)O)c(Cl)c3)o2)SC1=Nc1ccc(F)cc1. The van der Waals surface area contributed by atoms with Gasteiger partial charge in [-0.2, -0.15) is 0 Å². The van der Waals surface area contributed by atoms with Crippen LogP contribution in [0.4, 0.5) is 10.1 Å². The fourth-order valence-corrected chi connectivity index (χ4v) is 4.36. The molecule has 0 radical (unpaired) electrons. The van der Waals surface area contributed by atoms with Crippen molar-refractivity contribution < 1.29 is 23.5 Å². The van der Waals surface area contributed by atoms with Crippen LogP contribution in [0.2, 0.25) is 5.02 Å². The lowest BCUT2D eigenvalue weighted by molar-refractivity contribution is -0.122. The van der Waals surface area contributed by atoms with Gasteiger partial charge in [-0.05, 0) is 67.2 Å². The van der Waals surface area contributed by atoms with E-state index in [4.69, 9.17) is 21.1 Å². The summed E-state index contributed by atoms with van der Waals surface area (Å²) in [6.07, 6.45) is 1.62. The van der Waals surface area contributed by atoms with Gasteiger partial charge in [-0.25, -0.2) is 14.2 Å². The molecule has 1 amide bonds. The van der Waals surface area contributed by atoms with E-state index in [9.17, 15) is 14.0 Å². The van der Waals surface area contributed by atoms with Crippen molar-refractivity contribution >= 4 is 52.2 Å². The Morgan fingerprint density at radius 3 is 2.62 bits per heavy atom. The summed E-state index contributed by atoms with van der Waals surface area (Å²) in [5.41, 5.74) is 1.16. The molecular weight excluding hydrogens is 455 g/mol. The van der Waals surface area contributed by atoms with Gasteiger partial charge in [0.1, 0.15) is 17.3 Å². The Labute approximate surface area is 192 Å². The van der Waals surface area contributed by atoms with Gasteiger partial charge in [-0.15, -0.1) is 0 Å². The van der Waals surface area contributed by atoms with Gasteiger partial charge in [0.05, 0.1) is 21.2 Å². The molecule has 0 unspecified atom stereocenters. The van der Waals surface area contributed by atoms with E-state index in [1.807, 2.05) is 6.92 Å². The van der Waals surface area contributed by atoms with Crippen LogP contribution >= 0.6 is 23.4 Å². The summed E-state index contributed by atoms with van der Waals surface area (Å²) < 4.78 is 19.0. The minimum atomic E-state index is -1.11. The molecule has 4 rings (SSSR count). The van der Waals surface area contributed by atoms with E-state index in [-0.39, 0.29) is 22.3 Å². The number of amidine groups is 1. The molecule has 1 N–H and O–H groups in total. The molecule has 0 bridgehead atoms. The summed E-state index contributed by atoms with van der Waals surface area (Å²) in [6, 6.07) is 13.7. The predicted molar refractivity (Wildman–Crippen MR) is 123 cm³/mol. The number of furan rings is 1. The lowest BCUT2D eigenvalue weighted by Crippen LogP contribution is -2.28. The molecule has 0 atom stereocenters. The molecular formula is C23H16ClFN2O4S. The summed E-state index contributed by atoms with van der Waals surface area (Å²) in [5, 5.41) is 9.71. The first kappa shape index (κ1) is 21.9. The Bertz CT molecular complexity index is 1270. The molecule has 2 heterocycles. The van der Waals surface area contributed by atoms with Gasteiger partial charge in [0.15, 0.2) is 5.17 Å². The van der Waals surface area contributed by atoms with E-state index >= 15 is 0 Å². The highest BCUT2D eigenvalue weighted by molar-refractivity contribution is 8.18. The van der Waals surface area contributed by atoms with E-state index in [1.54, 1.807) is 36.4 Å². The van der Waals surface area contributed by atoms with Crippen molar-refractivity contribution in [3.8, 4) is 11.3 Å². The predicted octanol–water partition coefficient (Wildman–Crippen LogP) is 6.06. The molecule has 9 heteroatoms. The molecule has 0 spiro atoms. The number of carboxylic acids is 1. The van der Waals surface area contributed by atoms with E-state index in [0.717, 1.165) is 0 Å². The number of carboxylic acid groups (broad SMARTS) is 1. The van der Waals surface area contributed by atoms with Crippen LogP contribution in [-0.4, -0.2) is 33.6 Å². The first-order valence-electron chi connectivity index (χ1n) is 9.54. The average molecular weight is 471 g/mol. The summed E-state index contributed by atoms with van der Waals surface area (Å²) in [7, 11) is 0. The van der Waals surface area contributed by atoms with Gasteiger partial charge in [-0.3, -0.25) is 9.69 Å². The Hall–Kier alpha value is -3.36. The van der Waals surface area contributed by atoms with Crippen LogP contribution in [0.1, 0.15) is 23.0 Å².